The minimum atomic E-state index is -1.44. The minimum Gasteiger partial charge on any atom is -0.477 e. The van der Waals surface area contributed by atoms with Gasteiger partial charge in [-0.2, -0.15) is 0 Å². The fourth-order valence-electron chi connectivity index (χ4n) is 2.52. The van der Waals surface area contributed by atoms with Crippen molar-refractivity contribution in [3.63, 3.8) is 0 Å². The molecule has 0 saturated heterocycles. The van der Waals surface area contributed by atoms with Crippen LogP contribution in [-0.4, -0.2) is 30.6 Å². The van der Waals surface area contributed by atoms with Crippen molar-refractivity contribution in [2.45, 2.75) is 0 Å². The lowest BCUT2D eigenvalue weighted by Crippen LogP contribution is -2.19. The third kappa shape index (κ3) is 2.96. The molecule has 0 radical (unpaired) electrons. The van der Waals surface area contributed by atoms with E-state index in [1.165, 1.54) is 15.9 Å². The number of carboxylic acids is 1. The summed E-state index contributed by atoms with van der Waals surface area (Å²) in [7, 11) is 0. The number of pyridine rings is 3. The van der Waals surface area contributed by atoms with Crippen LogP contribution in [0.4, 0.5) is 4.39 Å². The lowest BCUT2D eigenvalue weighted by molar-refractivity contribution is 0.0695. The van der Waals surface area contributed by atoms with Gasteiger partial charge in [0.1, 0.15) is 5.56 Å². The van der Waals surface area contributed by atoms with Crippen molar-refractivity contribution in [1.29, 1.82) is 0 Å². The molecule has 0 aliphatic heterocycles. The van der Waals surface area contributed by atoms with E-state index in [1.807, 2.05) is 6.07 Å². The SMILES string of the molecule is O=C(O)c1cn(-c2nc(-c3cccnc3)cs2)c2nc(Cl)c(F)cc2c1=O. The number of carboxylic acid groups (broad SMARTS) is 1. The summed E-state index contributed by atoms with van der Waals surface area (Å²) in [5, 5.41) is 10.8. The summed E-state index contributed by atoms with van der Waals surface area (Å²) in [6, 6.07) is 4.46. The van der Waals surface area contributed by atoms with Crippen LogP contribution in [0.3, 0.4) is 0 Å². The Morgan fingerprint density at radius 1 is 1.33 bits per heavy atom. The molecule has 0 spiro atoms. The fourth-order valence-corrected chi connectivity index (χ4v) is 3.47. The topological polar surface area (TPSA) is 98.0 Å². The van der Waals surface area contributed by atoms with Crippen LogP contribution in [0.25, 0.3) is 27.4 Å². The van der Waals surface area contributed by atoms with Gasteiger partial charge in [0.05, 0.1) is 11.1 Å². The number of rotatable bonds is 3. The third-order valence-electron chi connectivity index (χ3n) is 3.77. The molecule has 10 heteroatoms. The Morgan fingerprint density at radius 3 is 2.85 bits per heavy atom. The van der Waals surface area contributed by atoms with Crippen molar-refractivity contribution >= 4 is 39.9 Å². The Balaban J connectivity index is 2.00. The van der Waals surface area contributed by atoms with Gasteiger partial charge in [-0.15, -0.1) is 11.3 Å². The summed E-state index contributed by atoms with van der Waals surface area (Å²) in [6.07, 6.45) is 4.38. The van der Waals surface area contributed by atoms with Crippen molar-refractivity contribution in [2.24, 2.45) is 0 Å². The molecule has 0 aliphatic rings. The lowest BCUT2D eigenvalue weighted by atomic mass is 10.2. The van der Waals surface area contributed by atoms with E-state index in [0.29, 0.717) is 10.8 Å². The van der Waals surface area contributed by atoms with Gasteiger partial charge in [-0.05, 0) is 18.2 Å². The van der Waals surface area contributed by atoms with Gasteiger partial charge in [-0.1, -0.05) is 11.6 Å². The summed E-state index contributed by atoms with van der Waals surface area (Å²) < 4.78 is 15.1. The largest absolute Gasteiger partial charge is 0.477 e. The number of nitrogens with zero attached hydrogens (tertiary/aromatic N) is 4. The van der Waals surface area contributed by atoms with E-state index in [4.69, 9.17) is 11.6 Å². The van der Waals surface area contributed by atoms with Gasteiger partial charge in [0, 0.05) is 29.5 Å². The predicted octanol–water partition coefficient (Wildman–Crippen LogP) is 3.39. The Morgan fingerprint density at radius 2 is 2.15 bits per heavy atom. The Hall–Kier alpha value is -3.17. The van der Waals surface area contributed by atoms with Crippen LogP contribution >= 0.6 is 22.9 Å². The van der Waals surface area contributed by atoms with Crippen molar-refractivity contribution in [1.82, 2.24) is 19.5 Å². The lowest BCUT2D eigenvalue weighted by Gasteiger charge is -2.09. The smallest absolute Gasteiger partial charge is 0.341 e. The molecule has 4 aromatic rings. The Bertz CT molecular complexity index is 1260. The second-order valence-electron chi connectivity index (χ2n) is 5.44. The van der Waals surface area contributed by atoms with E-state index >= 15 is 0 Å². The minimum absolute atomic E-state index is 0.0171. The number of aromatic carboxylic acids is 1. The first-order valence-electron chi connectivity index (χ1n) is 7.46. The van der Waals surface area contributed by atoms with Crippen molar-refractivity contribution in [3.05, 3.63) is 68.9 Å². The highest BCUT2D eigenvalue weighted by atomic mass is 35.5. The quantitative estimate of drug-likeness (QED) is 0.527. The molecule has 7 nitrogen and oxygen atoms in total. The van der Waals surface area contributed by atoms with Crippen LogP contribution in [0.2, 0.25) is 5.15 Å². The normalized spacial score (nSPS) is 11.0. The first kappa shape index (κ1) is 17.3. The zero-order valence-electron chi connectivity index (χ0n) is 13.3. The number of halogens is 2. The third-order valence-corrected chi connectivity index (χ3v) is 4.88. The maximum absolute atomic E-state index is 13.8. The van der Waals surface area contributed by atoms with Gasteiger partial charge in [0.2, 0.25) is 5.43 Å². The van der Waals surface area contributed by atoms with E-state index in [2.05, 4.69) is 15.0 Å². The highest BCUT2D eigenvalue weighted by molar-refractivity contribution is 7.12. The monoisotopic (exact) mass is 402 g/mol. The standard InChI is InChI=1S/C17H8ClFN4O3S/c18-14-11(19)4-9-13(24)10(16(25)26)6-23(15(9)22-14)17-21-12(7-27-17)8-2-1-3-20-5-8/h1-7H,(H,25,26). The second kappa shape index (κ2) is 6.53. The molecule has 4 aromatic heterocycles. The maximum Gasteiger partial charge on any atom is 0.341 e. The first-order chi connectivity index (χ1) is 13.0. The molecule has 1 N–H and O–H groups in total. The van der Waals surface area contributed by atoms with Gasteiger partial charge in [-0.3, -0.25) is 14.3 Å². The van der Waals surface area contributed by atoms with Crippen molar-refractivity contribution in [2.75, 3.05) is 0 Å². The summed E-state index contributed by atoms with van der Waals surface area (Å²) in [6.45, 7) is 0. The molecule has 0 aliphatic carbocycles. The number of hydrogen-bond acceptors (Lipinski definition) is 6. The molecule has 4 heterocycles. The summed E-state index contributed by atoms with van der Waals surface area (Å²) in [5.74, 6) is -2.35. The van der Waals surface area contributed by atoms with Gasteiger partial charge in [-0.25, -0.2) is 19.2 Å². The summed E-state index contributed by atoms with van der Waals surface area (Å²) >= 11 is 6.96. The van der Waals surface area contributed by atoms with Crippen molar-refractivity contribution < 1.29 is 14.3 Å². The van der Waals surface area contributed by atoms with Crippen LogP contribution in [0.1, 0.15) is 10.4 Å². The van der Waals surface area contributed by atoms with E-state index in [0.717, 1.165) is 17.8 Å². The van der Waals surface area contributed by atoms with Gasteiger partial charge < -0.3 is 5.11 Å². The molecule has 27 heavy (non-hydrogen) atoms. The molecule has 0 bridgehead atoms. The zero-order valence-corrected chi connectivity index (χ0v) is 14.8. The summed E-state index contributed by atoms with van der Waals surface area (Å²) in [4.78, 5) is 36.2. The number of carbonyl (C=O) groups is 1. The Labute approximate surface area is 159 Å². The van der Waals surface area contributed by atoms with E-state index in [9.17, 15) is 19.1 Å². The number of aromatic nitrogens is 4. The molecule has 0 fully saturated rings. The van der Waals surface area contributed by atoms with Crippen molar-refractivity contribution in [3.8, 4) is 16.4 Å². The average Bonchev–Trinajstić information content (AvgIpc) is 3.14. The predicted molar refractivity (Wildman–Crippen MR) is 98.2 cm³/mol. The molecule has 0 saturated carbocycles. The second-order valence-corrected chi connectivity index (χ2v) is 6.63. The molecular weight excluding hydrogens is 395 g/mol. The first-order valence-corrected chi connectivity index (χ1v) is 8.72. The van der Waals surface area contributed by atoms with Crippen LogP contribution < -0.4 is 5.43 Å². The molecular formula is C17H8ClFN4O3S. The average molecular weight is 403 g/mol. The zero-order chi connectivity index (χ0) is 19.1. The fraction of sp³-hybridized carbons (Fsp3) is 0. The van der Waals surface area contributed by atoms with Crippen LogP contribution in [0.5, 0.6) is 0 Å². The number of thiazole rings is 1. The van der Waals surface area contributed by atoms with E-state index < -0.39 is 27.9 Å². The molecule has 0 aromatic carbocycles. The van der Waals surface area contributed by atoms with Crippen LogP contribution in [0.15, 0.2) is 47.0 Å². The molecule has 4 rings (SSSR count). The van der Waals surface area contributed by atoms with Crippen LogP contribution in [0, 0.1) is 5.82 Å². The molecule has 0 amide bonds. The maximum atomic E-state index is 13.8. The van der Waals surface area contributed by atoms with Crippen LogP contribution in [-0.2, 0) is 0 Å². The molecule has 0 atom stereocenters. The van der Waals surface area contributed by atoms with Gasteiger partial charge >= 0.3 is 5.97 Å². The molecule has 134 valence electrons. The summed E-state index contributed by atoms with van der Waals surface area (Å²) in [5.41, 5.74) is 0.0226. The molecule has 0 unspecified atom stereocenters. The van der Waals surface area contributed by atoms with E-state index in [1.54, 1.807) is 23.8 Å². The number of hydrogen-bond donors (Lipinski definition) is 1. The van der Waals surface area contributed by atoms with Gasteiger partial charge in [0.25, 0.3) is 0 Å². The highest BCUT2D eigenvalue weighted by Gasteiger charge is 2.20. The van der Waals surface area contributed by atoms with Gasteiger partial charge in [0.15, 0.2) is 21.7 Å². The van der Waals surface area contributed by atoms with E-state index in [-0.39, 0.29) is 11.0 Å². The highest BCUT2D eigenvalue weighted by Crippen LogP contribution is 2.26. The Kier molecular flexibility index (Phi) is 4.17. The number of fused-ring (bicyclic) bond motifs is 1.